The lowest BCUT2D eigenvalue weighted by Crippen LogP contribution is -2.29. The molecule has 0 radical (unpaired) electrons. The molecule has 0 spiro atoms. The van der Waals surface area contributed by atoms with Crippen LogP contribution >= 0.6 is 0 Å². The van der Waals surface area contributed by atoms with E-state index in [4.69, 9.17) is 0 Å². The van der Waals surface area contributed by atoms with Gasteiger partial charge < -0.3 is 9.80 Å². The van der Waals surface area contributed by atoms with Crippen LogP contribution in [-0.4, -0.2) is 60.6 Å². The lowest BCUT2D eigenvalue weighted by atomic mass is 9.93. The molecule has 0 fully saturated rings. The average Bonchev–Trinajstić information content (AvgIpc) is 3.10. The van der Waals surface area contributed by atoms with Gasteiger partial charge in [-0.25, -0.2) is 0 Å². The Labute approximate surface area is 294 Å². The second-order valence-corrected chi connectivity index (χ2v) is 14.2. The summed E-state index contributed by atoms with van der Waals surface area (Å²) in [5.74, 6) is 0.439. The molecule has 0 N–H and O–H groups in total. The van der Waals surface area contributed by atoms with E-state index < -0.39 is 0 Å². The Morgan fingerprint density at radius 3 is 1.08 bits per heavy atom. The molecule has 0 saturated carbocycles. The molecule has 0 aliphatic carbocycles. The Balaban J connectivity index is 1.72. The first-order valence-corrected chi connectivity index (χ1v) is 20.0. The van der Waals surface area contributed by atoms with E-state index in [1.165, 1.54) is 103 Å². The van der Waals surface area contributed by atoms with Gasteiger partial charge in [-0.3, -0.25) is 9.59 Å². The standard InChI is InChI=1S/C44H68N2O2/c1-5-9-13-17-29-45(30-18-14-10-6-2)33-27-43(47)39-25-21-23-37-36-42-38(35-41(37)39)24-22-26-40(42)44(48)28-34-46(31-19-15-11-7-3)32-20-16-12-8-4/h21-26,35-36H,5-20,27-34H2,1-4H3. The van der Waals surface area contributed by atoms with E-state index in [1.54, 1.807) is 0 Å². The van der Waals surface area contributed by atoms with E-state index >= 15 is 0 Å². The first-order valence-electron chi connectivity index (χ1n) is 20.0. The minimum absolute atomic E-state index is 0.220. The highest BCUT2D eigenvalue weighted by Gasteiger charge is 2.17. The highest BCUT2D eigenvalue weighted by atomic mass is 16.1. The van der Waals surface area contributed by atoms with E-state index in [-0.39, 0.29) is 11.6 Å². The van der Waals surface area contributed by atoms with Crippen molar-refractivity contribution in [2.75, 3.05) is 39.3 Å². The monoisotopic (exact) mass is 657 g/mol. The molecule has 48 heavy (non-hydrogen) atoms. The van der Waals surface area contributed by atoms with Crippen LogP contribution in [-0.2, 0) is 0 Å². The number of ketones is 2. The summed E-state index contributed by atoms with van der Waals surface area (Å²) < 4.78 is 0. The van der Waals surface area contributed by atoms with Crippen molar-refractivity contribution in [3.63, 3.8) is 0 Å². The van der Waals surface area contributed by atoms with Crippen molar-refractivity contribution in [3.05, 3.63) is 59.7 Å². The summed E-state index contributed by atoms with van der Waals surface area (Å²) in [6.45, 7) is 15.0. The van der Waals surface area contributed by atoms with Crippen LogP contribution in [0, 0.1) is 0 Å². The summed E-state index contributed by atoms with van der Waals surface area (Å²) in [6.07, 6.45) is 21.2. The summed E-state index contributed by atoms with van der Waals surface area (Å²) in [7, 11) is 0. The Kier molecular flexibility index (Phi) is 19.7. The number of unbranched alkanes of at least 4 members (excludes halogenated alkanes) is 12. The normalized spacial score (nSPS) is 11.8. The van der Waals surface area contributed by atoms with E-state index in [9.17, 15) is 9.59 Å². The zero-order chi connectivity index (χ0) is 34.4. The summed E-state index contributed by atoms with van der Waals surface area (Å²) in [5, 5.41) is 4.08. The van der Waals surface area contributed by atoms with Crippen molar-refractivity contribution in [2.45, 2.75) is 143 Å². The molecule has 0 unspecified atom stereocenters. The van der Waals surface area contributed by atoms with Gasteiger partial charge in [0.15, 0.2) is 11.6 Å². The van der Waals surface area contributed by atoms with Crippen molar-refractivity contribution in [1.29, 1.82) is 0 Å². The van der Waals surface area contributed by atoms with Crippen LogP contribution in [0.2, 0.25) is 0 Å². The summed E-state index contributed by atoms with van der Waals surface area (Å²) in [5.41, 5.74) is 1.62. The topological polar surface area (TPSA) is 40.6 Å². The number of fused-ring (bicyclic) bond motifs is 2. The minimum atomic E-state index is 0.220. The maximum Gasteiger partial charge on any atom is 0.164 e. The Morgan fingerprint density at radius 1 is 0.438 bits per heavy atom. The van der Waals surface area contributed by atoms with Gasteiger partial charge in [-0.15, -0.1) is 0 Å². The van der Waals surface area contributed by atoms with E-state index in [1.807, 2.05) is 24.3 Å². The van der Waals surface area contributed by atoms with Crippen LogP contribution in [0.15, 0.2) is 48.5 Å². The fourth-order valence-corrected chi connectivity index (χ4v) is 7.05. The van der Waals surface area contributed by atoms with Gasteiger partial charge in [0.25, 0.3) is 0 Å². The van der Waals surface area contributed by atoms with Crippen molar-refractivity contribution >= 4 is 33.1 Å². The zero-order valence-corrected chi connectivity index (χ0v) is 31.3. The second kappa shape index (κ2) is 23.7. The van der Waals surface area contributed by atoms with Crippen LogP contribution in [0.3, 0.4) is 0 Å². The van der Waals surface area contributed by atoms with Gasteiger partial charge in [-0.1, -0.05) is 141 Å². The molecule has 3 rings (SSSR count). The van der Waals surface area contributed by atoms with Gasteiger partial charge in [-0.2, -0.15) is 0 Å². The molecule has 3 aromatic carbocycles. The number of benzene rings is 3. The molecule has 266 valence electrons. The molecule has 4 nitrogen and oxygen atoms in total. The highest BCUT2D eigenvalue weighted by molar-refractivity contribution is 6.15. The predicted molar refractivity (Wildman–Crippen MR) is 209 cm³/mol. The van der Waals surface area contributed by atoms with Crippen LogP contribution in [0.1, 0.15) is 164 Å². The van der Waals surface area contributed by atoms with E-state index in [0.717, 1.165) is 71.9 Å². The fraction of sp³-hybridized carbons (Fsp3) is 0.636. The molecule has 0 amide bonds. The molecule has 0 heterocycles. The van der Waals surface area contributed by atoms with Crippen molar-refractivity contribution in [1.82, 2.24) is 9.80 Å². The molecule has 0 aliphatic heterocycles. The summed E-state index contributed by atoms with van der Waals surface area (Å²) >= 11 is 0. The molecule has 0 aromatic heterocycles. The van der Waals surface area contributed by atoms with Gasteiger partial charge in [0.05, 0.1) is 0 Å². The summed E-state index contributed by atoms with van der Waals surface area (Å²) in [6, 6.07) is 16.5. The third kappa shape index (κ3) is 13.7. The Bertz CT molecular complexity index is 1220. The SMILES string of the molecule is CCCCCCN(CCCCCC)CCC(=O)c1cccc2cc3c(C(=O)CCN(CCCCCC)CCCCCC)cccc3cc12. The van der Waals surface area contributed by atoms with Crippen LogP contribution in [0.5, 0.6) is 0 Å². The number of carbonyl (C=O) groups is 2. The van der Waals surface area contributed by atoms with E-state index in [2.05, 4.69) is 61.8 Å². The molecule has 0 aliphatic rings. The summed E-state index contributed by atoms with van der Waals surface area (Å²) in [4.78, 5) is 32.5. The molecule has 0 saturated heterocycles. The van der Waals surface area contributed by atoms with E-state index in [0.29, 0.717) is 12.8 Å². The Hall–Kier alpha value is -2.56. The number of Topliss-reactive ketones (excluding diaryl/α,β-unsaturated/α-hetero) is 2. The van der Waals surface area contributed by atoms with Gasteiger partial charge in [0, 0.05) is 37.1 Å². The van der Waals surface area contributed by atoms with Crippen molar-refractivity contribution in [2.24, 2.45) is 0 Å². The number of rotatable bonds is 28. The van der Waals surface area contributed by atoms with Gasteiger partial charge >= 0.3 is 0 Å². The quantitative estimate of drug-likeness (QED) is 0.0443. The lowest BCUT2D eigenvalue weighted by Gasteiger charge is -2.22. The first-order chi connectivity index (χ1) is 23.5. The van der Waals surface area contributed by atoms with Crippen LogP contribution < -0.4 is 0 Å². The van der Waals surface area contributed by atoms with Crippen LogP contribution in [0.25, 0.3) is 21.5 Å². The number of nitrogens with zero attached hydrogens (tertiary/aromatic N) is 2. The smallest absolute Gasteiger partial charge is 0.164 e. The molecular weight excluding hydrogens is 588 g/mol. The molecule has 0 atom stereocenters. The van der Waals surface area contributed by atoms with Crippen LogP contribution in [0.4, 0.5) is 0 Å². The number of hydrogen-bond acceptors (Lipinski definition) is 4. The zero-order valence-electron chi connectivity index (χ0n) is 31.3. The number of carbonyl (C=O) groups excluding carboxylic acids is 2. The Morgan fingerprint density at radius 2 is 0.771 bits per heavy atom. The minimum Gasteiger partial charge on any atom is -0.303 e. The molecular formula is C44H68N2O2. The molecule has 0 bridgehead atoms. The first kappa shape index (κ1) is 39.9. The molecule has 4 heteroatoms. The van der Waals surface area contributed by atoms with Crippen molar-refractivity contribution in [3.8, 4) is 0 Å². The second-order valence-electron chi connectivity index (χ2n) is 14.2. The third-order valence-corrected chi connectivity index (χ3v) is 10.1. The fourth-order valence-electron chi connectivity index (χ4n) is 7.05. The van der Waals surface area contributed by atoms with Gasteiger partial charge in [0.2, 0.25) is 0 Å². The predicted octanol–water partition coefficient (Wildman–Crippen LogP) is 12.1. The average molecular weight is 657 g/mol. The van der Waals surface area contributed by atoms with Crippen molar-refractivity contribution < 1.29 is 9.59 Å². The van der Waals surface area contributed by atoms with Gasteiger partial charge in [-0.05, 0) is 85.5 Å². The number of hydrogen-bond donors (Lipinski definition) is 0. The maximum absolute atomic E-state index is 13.7. The molecule has 3 aromatic rings. The highest BCUT2D eigenvalue weighted by Crippen LogP contribution is 2.29. The largest absolute Gasteiger partial charge is 0.303 e. The lowest BCUT2D eigenvalue weighted by molar-refractivity contribution is 0.0956. The third-order valence-electron chi connectivity index (χ3n) is 10.1. The maximum atomic E-state index is 13.7. The van der Waals surface area contributed by atoms with Gasteiger partial charge in [0.1, 0.15) is 0 Å².